The molecule has 4 nitrogen and oxygen atoms in total. The normalized spacial score (nSPS) is 22.5. The van der Waals surface area contributed by atoms with Crippen LogP contribution in [0.15, 0.2) is 65.7 Å². The number of amides is 1. The van der Waals surface area contributed by atoms with Crippen LogP contribution in [0.3, 0.4) is 0 Å². The number of nitrogens with one attached hydrogen (secondary N) is 1. The van der Waals surface area contributed by atoms with Gasteiger partial charge in [-0.1, -0.05) is 42.5 Å². The Hall–Kier alpha value is -2.59. The molecule has 0 saturated heterocycles. The molecule has 25 heavy (non-hydrogen) atoms. The first-order valence-corrected chi connectivity index (χ1v) is 8.59. The van der Waals surface area contributed by atoms with Crippen molar-refractivity contribution >= 4 is 5.91 Å². The lowest BCUT2D eigenvalue weighted by Gasteiger charge is -2.29. The fourth-order valence-electron chi connectivity index (χ4n) is 3.55. The van der Waals surface area contributed by atoms with Gasteiger partial charge in [0.25, 0.3) is 5.91 Å². The quantitative estimate of drug-likeness (QED) is 0.932. The van der Waals surface area contributed by atoms with Gasteiger partial charge >= 0.3 is 0 Å². The van der Waals surface area contributed by atoms with Crippen molar-refractivity contribution in [3.63, 3.8) is 0 Å². The maximum absolute atomic E-state index is 12.4. The highest BCUT2D eigenvalue weighted by Gasteiger charge is 2.44. The minimum Gasteiger partial charge on any atom is -0.489 e. The molecule has 1 N–H and O–H groups in total. The number of rotatable bonds is 4. The molecule has 2 aromatic carbocycles. The summed E-state index contributed by atoms with van der Waals surface area (Å²) in [7, 11) is 0. The first-order chi connectivity index (χ1) is 12.2. The van der Waals surface area contributed by atoms with Crippen molar-refractivity contribution in [1.29, 1.82) is 0 Å². The van der Waals surface area contributed by atoms with E-state index in [0.29, 0.717) is 19.8 Å². The van der Waals surface area contributed by atoms with Gasteiger partial charge in [0.2, 0.25) is 0 Å². The molecule has 0 bridgehead atoms. The lowest BCUT2D eigenvalue weighted by molar-refractivity contribution is -0.119. The summed E-state index contributed by atoms with van der Waals surface area (Å²) >= 11 is 0. The van der Waals surface area contributed by atoms with Gasteiger partial charge < -0.3 is 14.8 Å². The molecule has 128 valence electrons. The van der Waals surface area contributed by atoms with Crippen molar-refractivity contribution in [2.45, 2.75) is 25.6 Å². The minimum atomic E-state index is -0.716. The van der Waals surface area contributed by atoms with E-state index in [2.05, 4.69) is 5.32 Å². The lowest BCUT2D eigenvalue weighted by atomic mass is 9.84. The number of carbonyl (C=O) groups excluding carboxylic acids is 1. The van der Waals surface area contributed by atoms with Crippen LogP contribution in [0.25, 0.3) is 0 Å². The number of hydrogen-bond donors (Lipinski definition) is 1. The Balaban J connectivity index is 1.59. The number of ether oxygens (including phenoxy) is 2. The molecule has 2 aliphatic heterocycles. The topological polar surface area (TPSA) is 47.6 Å². The number of carbonyl (C=O) groups is 1. The summed E-state index contributed by atoms with van der Waals surface area (Å²) in [5.74, 6) is 0.758. The summed E-state index contributed by atoms with van der Waals surface area (Å²) in [5, 5.41) is 2.93. The van der Waals surface area contributed by atoms with Crippen LogP contribution >= 0.6 is 0 Å². The van der Waals surface area contributed by atoms with Gasteiger partial charge in [0.05, 0.1) is 12.2 Å². The molecule has 4 rings (SSSR count). The van der Waals surface area contributed by atoms with Crippen molar-refractivity contribution in [3.05, 3.63) is 76.9 Å². The Morgan fingerprint density at radius 3 is 2.84 bits per heavy atom. The molecular weight excluding hydrogens is 314 g/mol. The molecule has 4 heteroatoms. The van der Waals surface area contributed by atoms with Crippen LogP contribution in [0, 0.1) is 0 Å². The Bertz CT molecular complexity index is 828. The standard InChI is InChI=1S/C21H21NO3/c1-21(19-16(14-25-21)10-11-22-20(19)23)17-8-5-9-18(12-17)24-13-15-6-3-2-4-7-15/h2-9,12H,10-11,13-14H2,1H3,(H,22,23). The van der Waals surface area contributed by atoms with E-state index in [9.17, 15) is 4.79 Å². The molecule has 0 aliphatic carbocycles. The minimum absolute atomic E-state index is 0.0168. The van der Waals surface area contributed by atoms with Crippen LogP contribution in [-0.4, -0.2) is 19.1 Å². The molecule has 0 aromatic heterocycles. The van der Waals surface area contributed by atoms with Gasteiger partial charge in [-0.2, -0.15) is 0 Å². The van der Waals surface area contributed by atoms with E-state index in [1.807, 2.05) is 61.5 Å². The average Bonchev–Trinajstić information content (AvgIpc) is 3.01. The predicted octanol–water partition coefficient (Wildman–Crippen LogP) is 3.33. The average molecular weight is 335 g/mol. The molecule has 1 unspecified atom stereocenters. The summed E-state index contributed by atoms with van der Waals surface area (Å²) in [5.41, 5.74) is 3.22. The van der Waals surface area contributed by atoms with E-state index in [1.165, 1.54) is 0 Å². The fourth-order valence-corrected chi connectivity index (χ4v) is 3.55. The zero-order valence-electron chi connectivity index (χ0n) is 14.2. The molecule has 0 spiro atoms. The van der Waals surface area contributed by atoms with Crippen LogP contribution < -0.4 is 10.1 Å². The molecule has 2 heterocycles. The van der Waals surface area contributed by atoms with E-state index in [1.54, 1.807) is 0 Å². The monoisotopic (exact) mass is 335 g/mol. The van der Waals surface area contributed by atoms with Crippen LogP contribution in [0.4, 0.5) is 0 Å². The van der Waals surface area contributed by atoms with E-state index in [4.69, 9.17) is 9.47 Å². The second kappa shape index (κ2) is 6.37. The highest BCUT2D eigenvalue weighted by Crippen LogP contribution is 2.43. The van der Waals surface area contributed by atoms with Crippen LogP contribution in [-0.2, 0) is 21.7 Å². The summed E-state index contributed by atoms with van der Waals surface area (Å²) in [4.78, 5) is 12.4. The smallest absolute Gasteiger partial charge is 0.250 e. The molecule has 2 aliphatic rings. The van der Waals surface area contributed by atoms with Gasteiger partial charge in [-0.05, 0) is 42.2 Å². The van der Waals surface area contributed by atoms with E-state index < -0.39 is 5.60 Å². The second-order valence-corrected chi connectivity index (χ2v) is 6.61. The maximum Gasteiger partial charge on any atom is 0.250 e. The van der Waals surface area contributed by atoms with Gasteiger partial charge in [-0.3, -0.25) is 4.79 Å². The highest BCUT2D eigenvalue weighted by atomic mass is 16.5. The first-order valence-electron chi connectivity index (χ1n) is 8.59. The van der Waals surface area contributed by atoms with Crippen molar-refractivity contribution < 1.29 is 14.3 Å². The molecule has 0 radical (unpaired) electrons. The maximum atomic E-state index is 12.4. The Morgan fingerprint density at radius 2 is 2.00 bits per heavy atom. The van der Waals surface area contributed by atoms with Crippen LogP contribution in [0.5, 0.6) is 5.75 Å². The Labute approximate surface area is 147 Å². The molecular formula is C21H21NO3. The van der Waals surface area contributed by atoms with Crippen molar-refractivity contribution in [1.82, 2.24) is 5.32 Å². The highest BCUT2D eigenvalue weighted by molar-refractivity contribution is 5.98. The molecule has 2 aromatic rings. The van der Waals surface area contributed by atoms with E-state index >= 15 is 0 Å². The number of hydrogen-bond acceptors (Lipinski definition) is 3. The van der Waals surface area contributed by atoms with Crippen LogP contribution in [0.1, 0.15) is 24.5 Å². The van der Waals surface area contributed by atoms with Gasteiger partial charge in [0.1, 0.15) is 18.0 Å². The number of benzene rings is 2. The Kier molecular flexibility index (Phi) is 4.06. The third-order valence-electron chi connectivity index (χ3n) is 4.94. The predicted molar refractivity (Wildman–Crippen MR) is 95.2 cm³/mol. The zero-order chi connectivity index (χ0) is 17.3. The molecule has 1 amide bonds. The largest absolute Gasteiger partial charge is 0.489 e. The third kappa shape index (κ3) is 2.94. The van der Waals surface area contributed by atoms with Crippen LogP contribution in [0.2, 0.25) is 0 Å². The second-order valence-electron chi connectivity index (χ2n) is 6.61. The summed E-state index contributed by atoms with van der Waals surface area (Å²) in [6, 6.07) is 17.9. The molecule has 1 atom stereocenters. The Morgan fingerprint density at radius 1 is 1.16 bits per heavy atom. The van der Waals surface area contributed by atoms with Crippen molar-refractivity contribution in [2.24, 2.45) is 0 Å². The summed E-state index contributed by atoms with van der Waals surface area (Å²) in [6.07, 6.45) is 0.862. The van der Waals surface area contributed by atoms with E-state index in [-0.39, 0.29) is 5.91 Å². The zero-order valence-corrected chi connectivity index (χ0v) is 14.2. The van der Waals surface area contributed by atoms with E-state index in [0.717, 1.165) is 34.4 Å². The third-order valence-corrected chi connectivity index (χ3v) is 4.94. The van der Waals surface area contributed by atoms with Gasteiger partial charge in [-0.15, -0.1) is 0 Å². The SMILES string of the molecule is CC1(c2cccc(OCc3ccccc3)c2)OCC2=C1C(=O)NCC2. The lowest BCUT2D eigenvalue weighted by Crippen LogP contribution is -2.38. The fraction of sp³-hybridized carbons (Fsp3) is 0.286. The van der Waals surface area contributed by atoms with Gasteiger partial charge in [-0.25, -0.2) is 0 Å². The summed E-state index contributed by atoms with van der Waals surface area (Å²) < 4.78 is 12.0. The van der Waals surface area contributed by atoms with Crippen molar-refractivity contribution in [2.75, 3.05) is 13.2 Å². The molecule has 0 fully saturated rings. The van der Waals surface area contributed by atoms with Gasteiger partial charge in [0, 0.05) is 6.54 Å². The first kappa shape index (κ1) is 15.9. The van der Waals surface area contributed by atoms with Crippen molar-refractivity contribution in [3.8, 4) is 5.75 Å². The van der Waals surface area contributed by atoms with Gasteiger partial charge in [0.15, 0.2) is 0 Å². The summed E-state index contributed by atoms with van der Waals surface area (Å²) in [6.45, 7) is 3.69. The molecule has 0 saturated carbocycles.